The summed E-state index contributed by atoms with van der Waals surface area (Å²) in [5.74, 6) is 0.403. The zero-order valence-corrected chi connectivity index (χ0v) is 20.4. The Kier molecular flexibility index (Phi) is 6.53. The minimum atomic E-state index is -0.296. The van der Waals surface area contributed by atoms with Gasteiger partial charge in [-0.25, -0.2) is 4.98 Å². The molecule has 2 heterocycles. The van der Waals surface area contributed by atoms with E-state index < -0.39 is 0 Å². The van der Waals surface area contributed by atoms with Crippen molar-refractivity contribution in [1.82, 2.24) is 4.98 Å². The maximum Gasteiger partial charge on any atom is 0.255 e. The maximum atomic E-state index is 13.1. The highest BCUT2D eigenvalue weighted by Crippen LogP contribution is 2.31. The molecular formula is C27H26ClN3O3. The van der Waals surface area contributed by atoms with Crippen LogP contribution in [0, 0.1) is 6.92 Å². The number of methoxy groups -OCH3 is 1. The monoisotopic (exact) mass is 475 g/mol. The van der Waals surface area contributed by atoms with E-state index in [2.05, 4.69) is 24.1 Å². The van der Waals surface area contributed by atoms with Gasteiger partial charge in [0.1, 0.15) is 10.9 Å². The number of ether oxygens (including phenoxy) is 1. The predicted octanol–water partition coefficient (Wildman–Crippen LogP) is 5.70. The van der Waals surface area contributed by atoms with E-state index in [-0.39, 0.29) is 28.8 Å². The number of nitrogens with one attached hydrogen (secondary N) is 1. The number of halogens is 1. The Labute approximate surface area is 204 Å². The average Bonchev–Trinajstić information content (AvgIpc) is 2.78. The Morgan fingerprint density at radius 2 is 1.79 bits per heavy atom. The number of fused-ring (bicyclic) bond motifs is 1. The number of hydrogen-bond donors (Lipinski definition) is 1. The summed E-state index contributed by atoms with van der Waals surface area (Å²) < 4.78 is 5.37. The van der Waals surface area contributed by atoms with Gasteiger partial charge in [0.05, 0.1) is 24.8 Å². The quantitative estimate of drug-likeness (QED) is 0.366. The number of anilines is 1. The first-order valence-corrected chi connectivity index (χ1v) is 11.4. The third-order valence-electron chi connectivity index (χ3n) is 5.67. The van der Waals surface area contributed by atoms with Gasteiger partial charge in [0, 0.05) is 28.1 Å². The van der Waals surface area contributed by atoms with E-state index in [0.29, 0.717) is 22.5 Å². The number of benzene rings is 2. The van der Waals surface area contributed by atoms with Crippen molar-refractivity contribution in [2.24, 2.45) is 4.99 Å². The SMILES string of the molecule is COc1ccc2c(c1)C(CC(=O)c1ccc(NC(=O)c3cc(C)nc(Cl)c3)cc1)=NC(C)(C)C2. The van der Waals surface area contributed by atoms with Crippen LogP contribution in [-0.2, 0) is 6.42 Å². The van der Waals surface area contributed by atoms with Crippen molar-refractivity contribution >= 4 is 34.7 Å². The van der Waals surface area contributed by atoms with E-state index >= 15 is 0 Å². The number of pyridine rings is 1. The maximum absolute atomic E-state index is 13.1. The lowest BCUT2D eigenvalue weighted by Crippen LogP contribution is -2.30. The van der Waals surface area contributed by atoms with Crippen molar-refractivity contribution in [3.05, 3.63) is 87.7 Å². The molecule has 0 saturated carbocycles. The van der Waals surface area contributed by atoms with Crippen LogP contribution < -0.4 is 10.1 Å². The van der Waals surface area contributed by atoms with E-state index in [9.17, 15) is 9.59 Å². The van der Waals surface area contributed by atoms with Crippen LogP contribution in [0.15, 0.2) is 59.6 Å². The number of hydrogen-bond acceptors (Lipinski definition) is 5. The van der Waals surface area contributed by atoms with Gasteiger partial charge in [0.25, 0.3) is 5.91 Å². The van der Waals surface area contributed by atoms with Crippen molar-refractivity contribution in [2.75, 3.05) is 12.4 Å². The Bertz CT molecular complexity index is 1280. The Morgan fingerprint density at radius 3 is 2.47 bits per heavy atom. The molecule has 0 spiro atoms. The molecule has 1 aliphatic rings. The van der Waals surface area contributed by atoms with Crippen molar-refractivity contribution in [2.45, 2.75) is 39.2 Å². The standard InChI is InChI=1S/C27H26ClN3O3/c1-16-11-19(12-25(28)29-16)26(33)30-20-8-5-17(6-9-20)24(32)14-23-22-13-21(34-4)10-7-18(22)15-27(2,3)31-23/h5-13H,14-15H2,1-4H3,(H,30,33). The van der Waals surface area contributed by atoms with Crippen LogP contribution in [0.4, 0.5) is 5.69 Å². The molecule has 2 aromatic carbocycles. The summed E-state index contributed by atoms with van der Waals surface area (Å²) in [4.78, 5) is 34.6. The average molecular weight is 476 g/mol. The molecule has 34 heavy (non-hydrogen) atoms. The number of Topliss-reactive ketones (excluding diaryl/α,β-unsaturated/α-hetero) is 1. The zero-order valence-electron chi connectivity index (χ0n) is 19.6. The fraction of sp³-hybridized carbons (Fsp3) is 0.259. The molecule has 0 unspecified atom stereocenters. The van der Waals surface area contributed by atoms with Crippen LogP contribution in [0.25, 0.3) is 0 Å². The second-order valence-corrected chi connectivity index (χ2v) is 9.41. The van der Waals surface area contributed by atoms with E-state index in [4.69, 9.17) is 21.3 Å². The number of aryl methyl sites for hydroxylation is 1. The molecule has 0 bridgehead atoms. The number of ketones is 1. The first-order chi connectivity index (χ1) is 16.1. The number of nitrogens with zero attached hydrogens (tertiary/aromatic N) is 2. The summed E-state index contributed by atoms with van der Waals surface area (Å²) in [6.45, 7) is 5.91. The molecule has 3 aromatic rings. The molecule has 6 nitrogen and oxygen atoms in total. The summed E-state index contributed by atoms with van der Waals surface area (Å²) in [6.07, 6.45) is 0.991. The van der Waals surface area contributed by atoms with Crippen LogP contribution in [0.5, 0.6) is 5.75 Å². The molecule has 1 aromatic heterocycles. The van der Waals surface area contributed by atoms with Gasteiger partial charge in [-0.2, -0.15) is 0 Å². The predicted molar refractivity (Wildman–Crippen MR) is 135 cm³/mol. The van der Waals surface area contributed by atoms with E-state index in [1.165, 1.54) is 6.07 Å². The third-order valence-corrected chi connectivity index (χ3v) is 5.86. The van der Waals surface area contributed by atoms with Gasteiger partial charge >= 0.3 is 0 Å². The highest BCUT2D eigenvalue weighted by atomic mass is 35.5. The normalized spacial score (nSPS) is 14.1. The highest BCUT2D eigenvalue weighted by molar-refractivity contribution is 6.29. The van der Waals surface area contributed by atoms with Crippen LogP contribution in [0.1, 0.15) is 57.8 Å². The fourth-order valence-corrected chi connectivity index (χ4v) is 4.38. The van der Waals surface area contributed by atoms with E-state index in [0.717, 1.165) is 29.0 Å². The second-order valence-electron chi connectivity index (χ2n) is 9.02. The van der Waals surface area contributed by atoms with Crippen LogP contribution in [0.3, 0.4) is 0 Å². The molecule has 174 valence electrons. The molecule has 7 heteroatoms. The number of amides is 1. The van der Waals surface area contributed by atoms with Gasteiger partial charge < -0.3 is 10.1 Å². The second kappa shape index (κ2) is 9.39. The van der Waals surface area contributed by atoms with Crippen LogP contribution in [-0.4, -0.2) is 35.0 Å². The smallest absolute Gasteiger partial charge is 0.255 e. The van der Waals surface area contributed by atoms with E-state index in [1.54, 1.807) is 44.4 Å². The summed E-state index contributed by atoms with van der Waals surface area (Å²) in [7, 11) is 1.63. The van der Waals surface area contributed by atoms with Gasteiger partial charge in [-0.3, -0.25) is 14.6 Å². The van der Waals surface area contributed by atoms with Crippen molar-refractivity contribution < 1.29 is 14.3 Å². The van der Waals surface area contributed by atoms with Crippen LogP contribution >= 0.6 is 11.6 Å². The number of carbonyl (C=O) groups excluding carboxylic acids is 2. The lowest BCUT2D eigenvalue weighted by Gasteiger charge is -2.29. The molecule has 0 saturated heterocycles. The molecule has 4 rings (SSSR count). The van der Waals surface area contributed by atoms with Crippen molar-refractivity contribution in [3.63, 3.8) is 0 Å². The molecular weight excluding hydrogens is 450 g/mol. The molecule has 0 atom stereocenters. The first kappa shape index (κ1) is 23.6. The van der Waals surface area contributed by atoms with Crippen LogP contribution in [0.2, 0.25) is 5.15 Å². The minimum absolute atomic E-state index is 0.0420. The number of rotatable bonds is 6. The molecule has 1 aliphatic heterocycles. The third kappa shape index (κ3) is 5.34. The number of aliphatic imine (C=N–C) groups is 1. The van der Waals surface area contributed by atoms with Gasteiger partial charge in [-0.15, -0.1) is 0 Å². The first-order valence-electron chi connectivity index (χ1n) is 11.0. The summed E-state index contributed by atoms with van der Waals surface area (Å²) in [5, 5.41) is 3.09. The Hall–Kier alpha value is -3.51. The summed E-state index contributed by atoms with van der Waals surface area (Å²) in [6, 6.07) is 16.0. The zero-order chi connectivity index (χ0) is 24.5. The molecule has 0 radical (unpaired) electrons. The minimum Gasteiger partial charge on any atom is -0.497 e. The Morgan fingerprint density at radius 1 is 1.06 bits per heavy atom. The van der Waals surface area contributed by atoms with Gasteiger partial charge in [-0.1, -0.05) is 17.7 Å². The van der Waals surface area contributed by atoms with Gasteiger partial charge in [-0.05, 0) is 81.3 Å². The lowest BCUT2D eigenvalue weighted by atomic mass is 9.85. The van der Waals surface area contributed by atoms with Gasteiger partial charge in [0.2, 0.25) is 0 Å². The molecule has 0 fully saturated rings. The Balaban J connectivity index is 1.50. The number of aromatic nitrogens is 1. The lowest BCUT2D eigenvalue weighted by molar-refractivity contribution is 0.0998. The molecule has 1 amide bonds. The molecule has 0 aliphatic carbocycles. The highest BCUT2D eigenvalue weighted by Gasteiger charge is 2.28. The largest absolute Gasteiger partial charge is 0.497 e. The number of carbonyl (C=O) groups is 2. The van der Waals surface area contributed by atoms with E-state index in [1.807, 2.05) is 18.2 Å². The van der Waals surface area contributed by atoms with Gasteiger partial charge in [0.15, 0.2) is 5.78 Å². The summed E-state index contributed by atoms with van der Waals surface area (Å²) >= 11 is 5.95. The molecule has 1 N–H and O–H groups in total. The fourth-order valence-electron chi connectivity index (χ4n) is 4.13. The van der Waals surface area contributed by atoms with Crippen molar-refractivity contribution in [3.8, 4) is 5.75 Å². The van der Waals surface area contributed by atoms with Crippen molar-refractivity contribution in [1.29, 1.82) is 0 Å². The summed E-state index contributed by atoms with van der Waals surface area (Å²) in [5.41, 5.74) is 4.82. The topological polar surface area (TPSA) is 80.6 Å².